The molecule has 0 aliphatic carbocycles. The standard InChI is InChI=1S/C17H36O7Si4/c1-12-13-20-16(18)14-15(2)17(19)21-28(22-25(3,4)5,23-26(6,7)8)24-27(9,10)11/h12H,1-2,13-14H2,3-11H3. The predicted molar refractivity (Wildman–Crippen MR) is 120 cm³/mol. The smallest absolute Gasteiger partial charge is 0.461 e. The van der Waals surface area contributed by atoms with Crippen LogP contribution in [-0.2, 0) is 31.1 Å². The highest BCUT2D eigenvalue weighted by Crippen LogP contribution is 2.27. The maximum absolute atomic E-state index is 12.7. The molecule has 0 N–H and O–H groups in total. The predicted octanol–water partition coefficient (Wildman–Crippen LogP) is 4.20. The van der Waals surface area contributed by atoms with E-state index in [9.17, 15) is 9.59 Å². The van der Waals surface area contributed by atoms with E-state index in [-0.39, 0.29) is 18.6 Å². The van der Waals surface area contributed by atoms with E-state index in [4.69, 9.17) is 21.5 Å². The zero-order valence-electron chi connectivity index (χ0n) is 18.8. The zero-order valence-corrected chi connectivity index (χ0v) is 22.8. The highest BCUT2D eigenvalue weighted by atomic mass is 28.5. The summed E-state index contributed by atoms with van der Waals surface area (Å²) in [5, 5.41) is 0. The topological polar surface area (TPSA) is 80.3 Å². The second kappa shape index (κ2) is 10.3. The summed E-state index contributed by atoms with van der Waals surface area (Å²) in [5.41, 5.74) is -0.0385. The highest BCUT2D eigenvalue weighted by molar-refractivity contribution is 6.88. The van der Waals surface area contributed by atoms with E-state index in [1.54, 1.807) is 0 Å². The lowest BCUT2D eigenvalue weighted by molar-refractivity contribution is -0.144. The molecular formula is C17H36O7Si4. The molecule has 7 nitrogen and oxygen atoms in total. The van der Waals surface area contributed by atoms with Gasteiger partial charge in [-0.1, -0.05) is 19.2 Å². The van der Waals surface area contributed by atoms with E-state index in [2.05, 4.69) is 13.2 Å². The van der Waals surface area contributed by atoms with Crippen molar-refractivity contribution in [1.82, 2.24) is 0 Å². The normalized spacial score (nSPS) is 13.0. The second-order valence-electron chi connectivity index (χ2n) is 9.28. The van der Waals surface area contributed by atoms with Crippen molar-refractivity contribution in [1.29, 1.82) is 0 Å². The van der Waals surface area contributed by atoms with Crippen molar-refractivity contribution in [3.8, 4) is 0 Å². The summed E-state index contributed by atoms with van der Waals surface area (Å²) in [6.07, 6.45) is 1.16. The maximum atomic E-state index is 12.7. The van der Waals surface area contributed by atoms with Gasteiger partial charge in [-0.2, -0.15) is 0 Å². The lowest BCUT2D eigenvalue weighted by atomic mass is 10.2. The molecule has 0 amide bonds. The van der Waals surface area contributed by atoms with Gasteiger partial charge in [-0.05, 0) is 58.9 Å². The van der Waals surface area contributed by atoms with Gasteiger partial charge >= 0.3 is 21.0 Å². The Hall–Kier alpha value is -0.832. The Kier molecular flexibility index (Phi) is 9.97. The number of rotatable bonds is 12. The first kappa shape index (κ1) is 27.2. The molecule has 162 valence electrons. The van der Waals surface area contributed by atoms with Crippen LogP contribution in [0.5, 0.6) is 0 Å². The fourth-order valence-electron chi connectivity index (χ4n) is 1.89. The van der Waals surface area contributed by atoms with Crippen molar-refractivity contribution < 1.29 is 31.1 Å². The van der Waals surface area contributed by atoms with Gasteiger partial charge in [0.25, 0.3) is 0 Å². The molecule has 0 unspecified atom stereocenters. The molecule has 0 aromatic rings. The van der Waals surface area contributed by atoms with Crippen LogP contribution in [0.2, 0.25) is 58.9 Å². The Labute approximate surface area is 173 Å². The van der Waals surface area contributed by atoms with Crippen LogP contribution in [0.15, 0.2) is 24.8 Å². The summed E-state index contributed by atoms with van der Waals surface area (Å²) in [5.74, 6) is -1.35. The number of ether oxygens (including phenoxy) is 1. The number of carbonyl (C=O) groups is 2. The molecule has 11 heteroatoms. The third-order valence-corrected chi connectivity index (χ3v) is 13.3. The Bertz CT molecular complexity index is 545. The van der Waals surface area contributed by atoms with E-state index >= 15 is 0 Å². The summed E-state index contributed by atoms with van der Waals surface area (Å²) in [6.45, 7) is 25.0. The van der Waals surface area contributed by atoms with Gasteiger partial charge in [0.15, 0.2) is 25.0 Å². The summed E-state index contributed by atoms with van der Waals surface area (Å²) in [6, 6.07) is 0. The second-order valence-corrected chi connectivity index (χ2v) is 25.6. The highest BCUT2D eigenvalue weighted by Gasteiger charge is 2.57. The summed E-state index contributed by atoms with van der Waals surface area (Å²) in [7, 11) is -10.4. The van der Waals surface area contributed by atoms with Gasteiger partial charge in [-0.3, -0.25) is 4.79 Å². The fourth-order valence-corrected chi connectivity index (χ4v) is 13.4. The van der Waals surface area contributed by atoms with Crippen molar-refractivity contribution in [2.45, 2.75) is 65.3 Å². The lowest BCUT2D eigenvalue weighted by Crippen LogP contribution is -2.63. The molecule has 0 fully saturated rings. The average Bonchev–Trinajstić information content (AvgIpc) is 2.38. The van der Waals surface area contributed by atoms with Crippen molar-refractivity contribution in [3.63, 3.8) is 0 Å². The fraction of sp³-hybridized carbons (Fsp3) is 0.647. The third-order valence-electron chi connectivity index (χ3n) is 2.52. The molecular weight excluding hydrogens is 429 g/mol. The minimum Gasteiger partial charge on any atom is -0.461 e. The van der Waals surface area contributed by atoms with Crippen LogP contribution in [0.4, 0.5) is 0 Å². The van der Waals surface area contributed by atoms with Gasteiger partial charge in [0.2, 0.25) is 0 Å². The number of esters is 1. The number of hydrogen-bond donors (Lipinski definition) is 0. The van der Waals surface area contributed by atoms with Crippen LogP contribution in [0, 0.1) is 0 Å². The van der Waals surface area contributed by atoms with Gasteiger partial charge in [0.1, 0.15) is 6.61 Å². The quantitative estimate of drug-likeness (QED) is 0.185. The molecule has 28 heavy (non-hydrogen) atoms. The van der Waals surface area contributed by atoms with Crippen LogP contribution >= 0.6 is 0 Å². The summed E-state index contributed by atoms with van der Waals surface area (Å²) < 4.78 is 29.4. The molecule has 0 aromatic carbocycles. The van der Waals surface area contributed by atoms with Crippen molar-refractivity contribution in [3.05, 3.63) is 24.8 Å². The molecule has 0 bridgehead atoms. The summed E-state index contributed by atoms with van der Waals surface area (Å²) >= 11 is 0. The molecule has 0 saturated heterocycles. The maximum Gasteiger partial charge on any atom is 0.719 e. The van der Waals surface area contributed by atoms with Crippen LogP contribution in [0.3, 0.4) is 0 Å². The van der Waals surface area contributed by atoms with E-state index in [1.807, 2.05) is 58.9 Å². The van der Waals surface area contributed by atoms with Gasteiger partial charge in [0.05, 0.1) is 6.42 Å². The molecule has 0 aromatic heterocycles. The average molecular weight is 465 g/mol. The Morgan fingerprint density at radius 3 is 1.54 bits per heavy atom. The molecule has 0 radical (unpaired) electrons. The van der Waals surface area contributed by atoms with E-state index in [1.165, 1.54) is 6.08 Å². The minimum absolute atomic E-state index is 0.0385. The Balaban J connectivity index is 5.69. The molecule has 0 saturated carbocycles. The van der Waals surface area contributed by atoms with E-state index in [0.29, 0.717) is 0 Å². The molecule has 0 heterocycles. The largest absolute Gasteiger partial charge is 0.719 e. The molecule has 0 rings (SSSR count). The van der Waals surface area contributed by atoms with Gasteiger partial charge in [-0.15, -0.1) is 0 Å². The van der Waals surface area contributed by atoms with Crippen molar-refractivity contribution in [2.75, 3.05) is 6.61 Å². The Morgan fingerprint density at radius 1 is 0.821 bits per heavy atom. The first-order valence-electron chi connectivity index (χ1n) is 9.16. The van der Waals surface area contributed by atoms with Gasteiger partial charge < -0.3 is 21.5 Å². The van der Waals surface area contributed by atoms with Crippen molar-refractivity contribution >= 4 is 45.9 Å². The molecule has 0 atom stereocenters. The van der Waals surface area contributed by atoms with Gasteiger partial charge in [0, 0.05) is 5.57 Å². The SMILES string of the molecule is C=CCOC(=O)CC(=C)C(=O)O[Si](O[Si](C)(C)C)(O[Si](C)(C)C)O[Si](C)(C)C. The lowest BCUT2D eigenvalue weighted by Gasteiger charge is -2.40. The zero-order chi connectivity index (χ0) is 22.4. The first-order chi connectivity index (χ1) is 12.4. The number of hydrogen-bond acceptors (Lipinski definition) is 7. The Morgan fingerprint density at radius 2 is 1.21 bits per heavy atom. The molecule has 0 aliphatic rings. The molecule has 0 aliphatic heterocycles. The monoisotopic (exact) mass is 464 g/mol. The molecule has 0 spiro atoms. The van der Waals surface area contributed by atoms with Crippen LogP contribution in [0.25, 0.3) is 0 Å². The van der Waals surface area contributed by atoms with Crippen molar-refractivity contribution in [2.24, 2.45) is 0 Å². The van der Waals surface area contributed by atoms with Crippen LogP contribution < -0.4 is 0 Å². The third kappa shape index (κ3) is 12.6. The summed E-state index contributed by atoms with van der Waals surface area (Å²) in [4.78, 5) is 24.5. The van der Waals surface area contributed by atoms with E-state index < -0.39 is 45.9 Å². The first-order valence-corrected chi connectivity index (χ1v) is 21.0. The number of carbonyl (C=O) groups excluding carboxylic acids is 2. The van der Waals surface area contributed by atoms with Gasteiger partial charge in [-0.25, -0.2) is 4.79 Å². The minimum atomic E-state index is -3.80. The van der Waals surface area contributed by atoms with Crippen LogP contribution in [0.1, 0.15) is 6.42 Å². The van der Waals surface area contributed by atoms with Crippen LogP contribution in [-0.4, -0.2) is 52.5 Å². The van der Waals surface area contributed by atoms with E-state index in [0.717, 1.165) is 0 Å².